The second kappa shape index (κ2) is 5.11. The van der Waals surface area contributed by atoms with Crippen LogP contribution in [0.3, 0.4) is 0 Å². The Morgan fingerprint density at radius 3 is 3.05 bits per heavy atom. The predicted octanol–water partition coefficient (Wildman–Crippen LogP) is 4.51. The molecule has 0 spiro atoms. The molecule has 1 heterocycles. The number of hydrogen-bond donors (Lipinski definition) is 2. The number of carboxylic acid groups (broad SMARTS) is 1. The molecule has 1 aliphatic rings. The van der Waals surface area contributed by atoms with E-state index in [4.69, 9.17) is 16.7 Å². The summed E-state index contributed by atoms with van der Waals surface area (Å²) >= 11 is 7.69. The topological polar surface area (TPSA) is 49.3 Å². The Morgan fingerprint density at radius 2 is 2.30 bits per heavy atom. The van der Waals surface area contributed by atoms with Crippen molar-refractivity contribution in [3.05, 3.63) is 50.2 Å². The number of aromatic carboxylic acids is 1. The predicted molar refractivity (Wildman–Crippen MR) is 82.2 cm³/mol. The summed E-state index contributed by atoms with van der Waals surface area (Å²) in [5, 5.41) is 12.6. The molecule has 1 aromatic heterocycles. The quantitative estimate of drug-likeness (QED) is 0.877. The second-order valence-corrected chi connectivity index (χ2v) is 6.72. The zero-order valence-electron chi connectivity index (χ0n) is 10.9. The van der Waals surface area contributed by atoms with E-state index in [0.29, 0.717) is 5.56 Å². The first kappa shape index (κ1) is 13.5. The maximum atomic E-state index is 11.2. The fraction of sp³-hybridized carbons (Fsp3) is 0.267. The molecule has 20 heavy (non-hydrogen) atoms. The van der Waals surface area contributed by atoms with Crippen LogP contribution in [0, 0.1) is 6.92 Å². The van der Waals surface area contributed by atoms with Crippen LogP contribution in [0.4, 0.5) is 5.69 Å². The Balaban J connectivity index is 1.89. The number of aryl methyl sites for hydroxylation is 1. The van der Waals surface area contributed by atoms with Crippen molar-refractivity contribution in [3.63, 3.8) is 0 Å². The minimum Gasteiger partial charge on any atom is -0.478 e. The van der Waals surface area contributed by atoms with Crippen LogP contribution in [0.15, 0.2) is 24.3 Å². The maximum Gasteiger partial charge on any atom is 0.336 e. The van der Waals surface area contributed by atoms with Crippen LogP contribution in [-0.4, -0.2) is 11.1 Å². The van der Waals surface area contributed by atoms with Gasteiger partial charge in [-0.05, 0) is 49.1 Å². The zero-order valence-corrected chi connectivity index (χ0v) is 12.5. The number of hydrogen-bond acceptors (Lipinski definition) is 3. The lowest BCUT2D eigenvalue weighted by Crippen LogP contribution is -2.10. The molecule has 0 saturated heterocycles. The fourth-order valence-electron chi connectivity index (χ4n) is 2.69. The molecule has 0 bridgehead atoms. The summed E-state index contributed by atoms with van der Waals surface area (Å²) in [6.45, 7) is 1.84. The van der Waals surface area contributed by atoms with Crippen LogP contribution in [0.2, 0.25) is 4.34 Å². The van der Waals surface area contributed by atoms with Gasteiger partial charge in [-0.3, -0.25) is 0 Å². The summed E-state index contributed by atoms with van der Waals surface area (Å²) in [5.41, 5.74) is 3.25. The number of carbonyl (C=O) groups is 1. The lowest BCUT2D eigenvalue weighted by Gasteiger charge is -2.17. The molecule has 0 radical (unpaired) electrons. The van der Waals surface area contributed by atoms with E-state index >= 15 is 0 Å². The highest BCUT2D eigenvalue weighted by Crippen LogP contribution is 2.41. The van der Waals surface area contributed by atoms with Crippen molar-refractivity contribution in [1.82, 2.24) is 0 Å². The van der Waals surface area contributed by atoms with Crippen LogP contribution in [-0.2, 0) is 6.42 Å². The Bertz CT molecular complexity index is 681. The number of halogens is 1. The highest BCUT2D eigenvalue weighted by Gasteiger charge is 2.25. The average Bonchev–Trinajstić information content (AvgIpc) is 2.92. The lowest BCUT2D eigenvalue weighted by atomic mass is 10.1. The van der Waals surface area contributed by atoms with Crippen LogP contribution in [0.25, 0.3) is 0 Å². The minimum absolute atomic E-state index is 0.219. The first-order chi connectivity index (χ1) is 9.56. The molecule has 0 aliphatic heterocycles. The number of nitrogens with one attached hydrogen (secondary N) is 1. The lowest BCUT2D eigenvalue weighted by molar-refractivity contribution is 0.0696. The van der Waals surface area contributed by atoms with E-state index in [1.54, 1.807) is 23.5 Å². The van der Waals surface area contributed by atoms with E-state index in [9.17, 15) is 4.79 Å². The molecule has 5 heteroatoms. The Morgan fingerprint density at radius 1 is 1.50 bits per heavy atom. The van der Waals surface area contributed by atoms with E-state index < -0.39 is 5.97 Å². The largest absolute Gasteiger partial charge is 0.478 e. The van der Waals surface area contributed by atoms with Gasteiger partial charge in [0.15, 0.2) is 0 Å². The molecule has 1 unspecified atom stereocenters. The number of rotatable bonds is 3. The van der Waals surface area contributed by atoms with Crippen LogP contribution >= 0.6 is 22.9 Å². The van der Waals surface area contributed by atoms with Crippen LogP contribution < -0.4 is 5.32 Å². The number of fused-ring (bicyclic) bond motifs is 1. The molecular weight excluding hydrogens is 294 g/mol. The first-order valence-electron chi connectivity index (χ1n) is 6.44. The van der Waals surface area contributed by atoms with Gasteiger partial charge in [0.1, 0.15) is 0 Å². The third-order valence-electron chi connectivity index (χ3n) is 3.74. The van der Waals surface area contributed by atoms with Crippen LogP contribution in [0.5, 0.6) is 0 Å². The van der Waals surface area contributed by atoms with Gasteiger partial charge in [0.05, 0.1) is 15.9 Å². The molecule has 3 rings (SSSR count). The molecule has 3 nitrogen and oxygen atoms in total. The number of thiophene rings is 1. The summed E-state index contributed by atoms with van der Waals surface area (Å²) in [7, 11) is 0. The van der Waals surface area contributed by atoms with Crippen molar-refractivity contribution >= 4 is 34.6 Å². The first-order valence-corrected chi connectivity index (χ1v) is 7.63. The molecule has 0 saturated carbocycles. The monoisotopic (exact) mass is 307 g/mol. The highest BCUT2D eigenvalue weighted by atomic mass is 35.5. The van der Waals surface area contributed by atoms with E-state index in [0.717, 1.165) is 28.4 Å². The Kier molecular flexibility index (Phi) is 3.44. The van der Waals surface area contributed by atoms with Gasteiger partial charge in [-0.15, -0.1) is 11.3 Å². The van der Waals surface area contributed by atoms with Crippen molar-refractivity contribution in [2.75, 3.05) is 5.32 Å². The van der Waals surface area contributed by atoms with Gasteiger partial charge in [0, 0.05) is 10.6 Å². The van der Waals surface area contributed by atoms with Gasteiger partial charge in [0.2, 0.25) is 0 Å². The third kappa shape index (κ3) is 2.30. The molecule has 0 amide bonds. The van der Waals surface area contributed by atoms with E-state index in [2.05, 4.69) is 5.32 Å². The van der Waals surface area contributed by atoms with Crippen molar-refractivity contribution in [2.24, 2.45) is 0 Å². The number of carboxylic acids is 1. The minimum atomic E-state index is -0.892. The second-order valence-electron chi connectivity index (χ2n) is 4.95. The maximum absolute atomic E-state index is 11.2. The number of benzene rings is 1. The van der Waals surface area contributed by atoms with Crippen molar-refractivity contribution in [2.45, 2.75) is 25.8 Å². The fourth-order valence-corrected chi connectivity index (χ4v) is 4.05. The third-order valence-corrected chi connectivity index (χ3v) is 5.08. The summed E-state index contributed by atoms with van der Waals surface area (Å²) in [5.74, 6) is -0.892. The summed E-state index contributed by atoms with van der Waals surface area (Å²) < 4.78 is 0.817. The van der Waals surface area contributed by atoms with Gasteiger partial charge in [-0.25, -0.2) is 4.79 Å². The molecule has 2 N–H and O–H groups in total. The van der Waals surface area contributed by atoms with Gasteiger partial charge in [-0.1, -0.05) is 17.7 Å². The van der Waals surface area contributed by atoms with Crippen molar-refractivity contribution < 1.29 is 9.90 Å². The molecule has 0 fully saturated rings. The van der Waals surface area contributed by atoms with E-state index in [1.807, 2.05) is 19.1 Å². The molecule has 104 valence electrons. The molecular formula is C15H14ClNO2S. The van der Waals surface area contributed by atoms with E-state index in [-0.39, 0.29) is 6.04 Å². The summed E-state index contributed by atoms with van der Waals surface area (Å²) in [6, 6.07) is 7.56. The SMILES string of the molecule is Cc1c(NC2CCc3sc(Cl)cc32)cccc1C(=O)O. The van der Waals surface area contributed by atoms with Crippen molar-refractivity contribution in [3.8, 4) is 0 Å². The molecule has 1 atom stereocenters. The Labute approximate surface area is 126 Å². The van der Waals surface area contributed by atoms with Crippen molar-refractivity contribution in [1.29, 1.82) is 0 Å². The number of anilines is 1. The molecule has 2 aromatic rings. The van der Waals surface area contributed by atoms with Crippen LogP contribution in [0.1, 0.15) is 38.8 Å². The van der Waals surface area contributed by atoms with Gasteiger partial charge >= 0.3 is 5.97 Å². The summed E-state index contributed by atoms with van der Waals surface area (Å²) in [4.78, 5) is 12.5. The highest BCUT2D eigenvalue weighted by molar-refractivity contribution is 7.16. The zero-order chi connectivity index (χ0) is 14.3. The van der Waals surface area contributed by atoms with Gasteiger partial charge in [-0.2, -0.15) is 0 Å². The van der Waals surface area contributed by atoms with Gasteiger partial charge in [0.25, 0.3) is 0 Å². The average molecular weight is 308 g/mol. The molecule has 1 aromatic carbocycles. The standard InChI is InChI=1S/C15H14ClNO2S/c1-8-9(15(18)19)3-2-4-11(8)17-12-5-6-13-10(12)7-14(16)20-13/h2-4,7,12,17H,5-6H2,1H3,(H,18,19). The van der Waals surface area contributed by atoms with E-state index in [1.165, 1.54) is 10.4 Å². The normalized spacial score (nSPS) is 17.0. The molecule has 1 aliphatic carbocycles. The van der Waals surface area contributed by atoms with Gasteiger partial charge < -0.3 is 10.4 Å². The Hall–Kier alpha value is -1.52. The summed E-state index contributed by atoms with van der Waals surface area (Å²) in [6.07, 6.45) is 2.05. The smallest absolute Gasteiger partial charge is 0.336 e.